The molecular weight excluding hydrogens is 280 g/mol. The highest BCUT2D eigenvalue weighted by molar-refractivity contribution is 5.92. The van der Waals surface area contributed by atoms with Crippen LogP contribution in [0.4, 0.5) is 0 Å². The van der Waals surface area contributed by atoms with Crippen molar-refractivity contribution in [3.8, 4) is 16.9 Å². The molecule has 22 heavy (non-hydrogen) atoms. The lowest BCUT2D eigenvalue weighted by Gasteiger charge is -2.24. The first kappa shape index (κ1) is 14.6. The fourth-order valence-corrected chi connectivity index (χ4v) is 2.58. The molecule has 1 aliphatic heterocycles. The fraction of sp³-hybridized carbons (Fsp3) is 0.278. The van der Waals surface area contributed by atoms with Gasteiger partial charge >= 0.3 is 5.97 Å². The summed E-state index contributed by atoms with van der Waals surface area (Å²) in [6.45, 7) is 1.32. The lowest BCUT2D eigenvalue weighted by Crippen LogP contribution is -2.26. The van der Waals surface area contributed by atoms with Crippen LogP contribution in [0.5, 0.6) is 5.75 Å². The molecule has 4 nitrogen and oxygen atoms in total. The Morgan fingerprint density at radius 2 is 1.77 bits per heavy atom. The maximum atomic E-state index is 11.4. The molecule has 4 heteroatoms. The number of aromatic carboxylic acids is 1. The molecule has 1 N–H and O–H groups in total. The van der Waals surface area contributed by atoms with Crippen LogP contribution in [0.15, 0.2) is 48.5 Å². The van der Waals surface area contributed by atoms with Gasteiger partial charge in [-0.3, -0.25) is 0 Å². The number of carbonyl (C=O) groups is 1. The van der Waals surface area contributed by atoms with Crippen molar-refractivity contribution in [2.24, 2.45) is 0 Å². The van der Waals surface area contributed by atoms with Crippen LogP contribution < -0.4 is 4.74 Å². The van der Waals surface area contributed by atoms with E-state index in [4.69, 9.17) is 9.47 Å². The highest BCUT2D eigenvalue weighted by Crippen LogP contribution is 2.29. The molecule has 0 saturated carbocycles. The molecule has 0 unspecified atom stereocenters. The van der Waals surface area contributed by atoms with Gasteiger partial charge < -0.3 is 14.6 Å². The van der Waals surface area contributed by atoms with Crippen molar-refractivity contribution < 1.29 is 19.4 Å². The number of ether oxygens (including phenoxy) is 2. The third-order valence-corrected chi connectivity index (χ3v) is 3.78. The Morgan fingerprint density at radius 1 is 1.05 bits per heavy atom. The molecule has 1 heterocycles. The van der Waals surface area contributed by atoms with Crippen molar-refractivity contribution in [3.63, 3.8) is 0 Å². The molecule has 0 radical (unpaired) electrons. The number of hydrogen-bond donors (Lipinski definition) is 1. The average molecular weight is 298 g/mol. The van der Waals surface area contributed by atoms with Crippen molar-refractivity contribution in [2.75, 3.05) is 13.2 Å². The summed E-state index contributed by atoms with van der Waals surface area (Å²) in [5.74, 6) is -0.539. The van der Waals surface area contributed by atoms with E-state index in [1.54, 1.807) is 6.07 Å². The predicted molar refractivity (Wildman–Crippen MR) is 83.3 cm³/mol. The molecule has 0 amide bonds. The zero-order valence-electron chi connectivity index (χ0n) is 12.2. The van der Waals surface area contributed by atoms with Crippen LogP contribution in [-0.4, -0.2) is 30.4 Å². The summed E-state index contributed by atoms with van der Waals surface area (Å²) in [4.78, 5) is 11.4. The number of rotatable bonds is 4. The van der Waals surface area contributed by atoms with Gasteiger partial charge in [0.2, 0.25) is 0 Å². The van der Waals surface area contributed by atoms with Gasteiger partial charge in [0, 0.05) is 12.8 Å². The average Bonchev–Trinajstić information content (AvgIpc) is 2.56. The normalized spacial score (nSPS) is 15.5. The number of benzene rings is 2. The molecule has 3 rings (SSSR count). The molecule has 0 aliphatic carbocycles. The largest absolute Gasteiger partial charge is 0.489 e. The second-order valence-corrected chi connectivity index (χ2v) is 5.31. The Morgan fingerprint density at radius 3 is 2.45 bits per heavy atom. The van der Waals surface area contributed by atoms with Gasteiger partial charge in [-0.05, 0) is 23.3 Å². The summed E-state index contributed by atoms with van der Waals surface area (Å²) in [5, 5.41) is 9.35. The van der Waals surface area contributed by atoms with E-state index in [-0.39, 0.29) is 11.7 Å². The molecule has 0 spiro atoms. The van der Waals surface area contributed by atoms with Crippen LogP contribution >= 0.6 is 0 Å². The van der Waals surface area contributed by atoms with E-state index in [0.29, 0.717) is 19.0 Å². The second kappa shape index (κ2) is 6.62. The van der Waals surface area contributed by atoms with Gasteiger partial charge in [-0.25, -0.2) is 4.79 Å². The Hall–Kier alpha value is -2.33. The molecule has 114 valence electrons. The molecule has 1 fully saturated rings. The fourth-order valence-electron chi connectivity index (χ4n) is 2.58. The Balaban J connectivity index is 1.92. The van der Waals surface area contributed by atoms with E-state index in [2.05, 4.69) is 0 Å². The minimum Gasteiger partial charge on any atom is -0.489 e. The van der Waals surface area contributed by atoms with E-state index in [1.807, 2.05) is 42.5 Å². The monoisotopic (exact) mass is 298 g/mol. The van der Waals surface area contributed by atoms with E-state index in [9.17, 15) is 9.90 Å². The summed E-state index contributed by atoms with van der Waals surface area (Å²) in [6.07, 6.45) is 1.58. The summed E-state index contributed by atoms with van der Waals surface area (Å²) in [7, 11) is 0. The first-order valence-corrected chi connectivity index (χ1v) is 7.41. The summed E-state index contributed by atoms with van der Waals surface area (Å²) < 4.78 is 11.3. The predicted octanol–water partition coefficient (Wildman–Crippen LogP) is 3.61. The zero-order valence-corrected chi connectivity index (χ0v) is 12.2. The number of carboxylic acids is 1. The van der Waals surface area contributed by atoms with Crippen molar-refractivity contribution in [1.29, 1.82) is 0 Å². The molecule has 1 aliphatic rings. The van der Waals surface area contributed by atoms with Crippen LogP contribution in [0.3, 0.4) is 0 Å². The van der Waals surface area contributed by atoms with E-state index < -0.39 is 5.97 Å². The molecule has 0 bridgehead atoms. The third-order valence-electron chi connectivity index (χ3n) is 3.78. The highest BCUT2D eigenvalue weighted by atomic mass is 16.5. The third kappa shape index (κ3) is 3.28. The molecule has 0 atom stereocenters. The second-order valence-electron chi connectivity index (χ2n) is 5.31. The van der Waals surface area contributed by atoms with Gasteiger partial charge in [-0.15, -0.1) is 0 Å². The maximum Gasteiger partial charge on any atom is 0.339 e. The molecule has 2 aromatic rings. The van der Waals surface area contributed by atoms with Crippen LogP contribution in [0.25, 0.3) is 11.1 Å². The van der Waals surface area contributed by atoms with Gasteiger partial charge in [-0.2, -0.15) is 0 Å². The van der Waals surface area contributed by atoms with Crippen LogP contribution in [-0.2, 0) is 4.74 Å². The van der Waals surface area contributed by atoms with Crippen molar-refractivity contribution >= 4 is 5.97 Å². The van der Waals surface area contributed by atoms with Crippen molar-refractivity contribution in [1.82, 2.24) is 0 Å². The van der Waals surface area contributed by atoms with Crippen LogP contribution in [0, 0.1) is 0 Å². The lowest BCUT2D eigenvalue weighted by atomic mass is 10.0. The van der Waals surface area contributed by atoms with Crippen LogP contribution in [0.2, 0.25) is 0 Å². The summed E-state index contributed by atoms with van der Waals surface area (Å²) >= 11 is 0. The lowest BCUT2D eigenvalue weighted by molar-refractivity contribution is 0.0249. The van der Waals surface area contributed by atoms with Crippen LogP contribution in [0.1, 0.15) is 23.2 Å². The molecule has 1 saturated heterocycles. The van der Waals surface area contributed by atoms with E-state index in [0.717, 1.165) is 24.0 Å². The SMILES string of the molecule is O=C(O)c1ccc(-c2ccccc2)cc1OC1CCOCC1. The number of carboxylic acid groups (broad SMARTS) is 1. The highest BCUT2D eigenvalue weighted by Gasteiger charge is 2.19. The first-order chi connectivity index (χ1) is 10.7. The Kier molecular flexibility index (Phi) is 4.39. The minimum atomic E-state index is -0.971. The van der Waals surface area contributed by atoms with Gasteiger partial charge in [0.25, 0.3) is 0 Å². The smallest absolute Gasteiger partial charge is 0.339 e. The summed E-state index contributed by atoms with van der Waals surface area (Å²) in [6, 6.07) is 15.1. The molecule has 0 aromatic heterocycles. The maximum absolute atomic E-state index is 11.4. The molecular formula is C18H18O4. The van der Waals surface area contributed by atoms with Gasteiger partial charge in [0.15, 0.2) is 0 Å². The van der Waals surface area contributed by atoms with Gasteiger partial charge in [0.05, 0.1) is 13.2 Å². The minimum absolute atomic E-state index is 0.0119. The van der Waals surface area contributed by atoms with Crippen molar-refractivity contribution in [3.05, 3.63) is 54.1 Å². The Bertz CT molecular complexity index is 645. The molecule has 2 aromatic carbocycles. The summed E-state index contributed by atoms with van der Waals surface area (Å²) in [5.41, 5.74) is 2.19. The van der Waals surface area contributed by atoms with Crippen molar-refractivity contribution in [2.45, 2.75) is 18.9 Å². The topological polar surface area (TPSA) is 55.8 Å². The van der Waals surface area contributed by atoms with Gasteiger partial charge in [-0.1, -0.05) is 36.4 Å². The van der Waals surface area contributed by atoms with Gasteiger partial charge in [0.1, 0.15) is 17.4 Å². The van der Waals surface area contributed by atoms with E-state index in [1.165, 1.54) is 0 Å². The standard InChI is InChI=1S/C18H18O4/c19-18(20)16-7-6-14(13-4-2-1-3-5-13)12-17(16)22-15-8-10-21-11-9-15/h1-7,12,15H,8-11H2,(H,19,20). The van der Waals surface area contributed by atoms with E-state index >= 15 is 0 Å². The Labute approximate surface area is 129 Å². The first-order valence-electron chi connectivity index (χ1n) is 7.41. The quantitative estimate of drug-likeness (QED) is 0.937. The zero-order chi connectivity index (χ0) is 15.4. The number of hydrogen-bond acceptors (Lipinski definition) is 3.